The summed E-state index contributed by atoms with van der Waals surface area (Å²) in [6, 6.07) is 21.2. The fraction of sp³-hybridized carbons (Fsp3) is 0.188. The van der Waals surface area contributed by atoms with Crippen molar-refractivity contribution < 1.29 is 19.0 Å². The van der Waals surface area contributed by atoms with Crippen LogP contribution in [0.3, 0.4) is 0 Å². The first-order valence-corrected chi connectivity index (χ1v) is 12.8. The van der Waals surface area contributed by atoms with Crippen LogP contribution in [0.2, 0.25) is 0 Å². The van der Waals surface area contributed by atoms with E-state index in [9.17, 15) is 4.79 Å². The molecule has 0 saturated heterocycles. The summed E-state index contributed by atoms with van der Waals surface area (Å²) < 4.78 is 17.1. The number of ether oxygens (including phenoxy) is 3. The van der Waals surface area contributed by atoms with Crippen molar-refractivity contribution >= 4 is 23.0 Å². The number of aromatic nitrogens is 1. The molecule has 0 spiro atoms. The maximum Gasteiger partial charge on any atom is 0.345 e. The van der Waals surface area contributed by atoms with Gasteiger partial charge in [-0.3, -0.25) is 4.98 Å². The quantitative estimate of drug-likeness (QED) is 0.229. The third kappa shape index (κ3) is 4.36. The zero-order valence-electron chi connectivity index (χ0n) is 22.3. The lowest BCUT2D eigenvalue weighted by molar-refractivity contribution is 0.0734. The van der Waals surface area contributed by atoms with Gasteiger partial charge in [0.15, 0.2) is 0 Å². The van der Waals surface area contributed by atoms with Crippen molar-refractivity contribution in [3.63, 3.8) is 0 Å². The molecule has 7 nitrogen and oxygen atoms in total. The number of esters is 1. The van der Waals surface area contributed by atoms with Gasteiger partial charge < -0.3 is 24.4 Å². The van der Waals surface area contributed by atoms with E-state index in [0.29, 0.717) is 23.6 Å². The van der Waals surface area contributed by atoms with Gasteiger partial charge in [0.05, 0.1) is 31.0 Å². The molecule has 0 bridgehead atoms. The summed E-state index contributed by atoms with van der Waals surface area (Å²) in [5.74, 6) is 1.37. The molecule has 4 aromatic rings. The lowest BCUT2D eigenvalue weighted by Crippen LogP contribution is -2.33. The second kappa shape index (κ2) is 9.51. The maximum absolute atomic E-state index is 12.6. The van der Waals surface area contributed by atoms with Crippen molar-refractivity contribution in [2.24, 2.45) is 0 Å². The van der Waals surface area contributed by atoms with Crippen molar-refractivity contribution in [3.8, 4) is 28.4 Å². The molecule has 196 valence electrons. The predicted octanol–water partition coefficient (Wildman–Crippen LogP) is 6.55. The number of anilines is 2. The van der Waals surface area contributed by atoms with E-state index in [1.54, 1.807) is 44.7 Å². The number of carbonyl (C=O) groups excluding carboxylic acids is 1. The number of hydrogen-bond donors (Lipinski definition) is 1. The van der Waals surface area contributed by atoms with Gasteiger partial charge in [0.1, 0.15) is 17.2 Å². The van der Waals surface area contributed by atoms with E-state index in [-0.39, 0.29) is 5.54 Å². The molecule has 3 heterocycles. The third-order valence-corrected chi connectivity index (χ3v) is 7.08. The summed E-state index contributed by atoms with van der Waals surface area (Å²) in [5.41, 5.74) is 7.76. The molecule has 0 unspecified atom stereocenters. The highest BCUT2D eigenvalue weighted by Crippen LogP contribution is 2.51. The number of hydrogen-bond acceptors (Lipinski definition) is 7. The lowest BCUT2D eigenvalue weighted by Gasteiger charge is -2.33. The summed E-state index contributed by atoms with van der Waals surface area (Å²) in [6.45, 7) is 5.01. The number of pyridine rings is 1. The molecular formula is C32H29N3O4. The zero-order chi connectivity index (χ0) is 27.1. The maximum atomic E-state index is 12.6. The average Bonchev–Trinajstić information content (AvgIpc) is 3.32. The molecular weight excluding hydrogens is 490 g/mol. The number of rotatable bonds is 6. The Kier molecular flexibility index (Phi) is 5.99. The SMILES string of the molecule is COc1cc(OC(=O)c2cccnc2)ccc1-c1ccc2c3c1CN(c1ccccc1OC)C3=CC(C)(C)N2. The van der Waals surface area contributed by atoms with Crippen LogP contribution in [0.25, 0.3) is 16.8 Å². The molecule has 2 aliphatic rings. The van der Waals surface area contributed by atoms with Crippen LogP contribution in [0, 0.1) is 0 Å². The van der Waals surface area contributed by atoms with Gasteiger partial charge >= 0.3 is 5.97 Å². The van der Waals surface area contributed by atoms with Crippen molar-refractivity contribution in [1.29, 1.82) is 0 Å². The van der Waals surface area contributed by atoms with Gasteiger partial charge in [0, 0.05) is 47.5 Å². The Morgan fingerprint density at radius 3 is 2.51 bits per heavy atom. The highest BCUT2D eigenvalue weighted by molar-refractivity contribution is 5.98. The van der Waals surface area contributed by atoms with Gasteiger partial charge in [0.2, 0.25) is 0 Å². The minimum absolute atomic E-state index is 0.219. The Balaban J connectivity index is 1.42. The second-order valence-corrected chi connectivity index (χ2v) is 10.1. The lowest BCUT2D eigenvalue weighted by atomic mass is 9.89. The van der Waals surface area contributed by atoms with Gasteiger partial charge in [-0.1, -0.05) is 18.2 Å². The third-order valence-electron chi connectivity index (χ3n) is 7.08. The van der Waals surface area contributed by atoms with Crippen molar-refractivity contribution in [1.82, 2.24) is 4.98 Å². The Bertz CT molecular complexity index is 1610. The number of para-hydroxylation sites is 2. The zero-order valence-corrected chi connectivity index (χ0v) is 22.3. The van der Waals surface area contributed by atoms with Gasteiger partial charge in [-0.2, -0.15) is 0 Å². The normalized spacial score (nSPS) is 14.7. The van der Waals surface area contributed by atoms with E-state index in [4.69, 9.17) is 14.2 Å². The van der Waals surface area contributed by atoms with E-state index in [0.717, 1.165) is 33.9 Å². The standard InChI is InChI=1S/C32H29N3O4/c1-32(2)17-27-30-24(19-35(27)26-9-5-6-10-28(26)37-3)22(13-14-25(30)34-32)23-12-11-21(16-29(23)38-4)39-31(36)20-8-7-15-33-18-20/h5-18,34H,19H2,1-4H3. The van der Waals surface area contributed by atoms with Gasteiger partial charge in [-0.15, -0.1) is 0 Å². The summed E-state index contributed by atoms with van der Waals surface area (Å²) in [7, 11) is 3.33. The fourth-order valence-electron chi connectivity index (χ4n) is 5.39. The van der Waals surface area contributed by atoms with Gasteiger partial charge in [-0.25, -0.2) is 4.79 Å². The minimum atomic E-state index is -0.471. The van der Waals surface area contributed by atoms with Crippen LogP contribution >= 0.6 is 0 Å². The van der Waals surface area contributed by atoms with Crippen LogP contribution in [0.15, 0.2) is 85.2 Å². The van der Waals surface area contributed by atoms with E-state index in [1.165, 1.54) is 17.3 Å². The minimum Gasteiger partial charge on any atom is -0.496 e. The smallest absolute Gasteiger partial charge is 0.345 e. The molecule has 0 amide bonds. The summed E-state index contributed by atoms with van der Waals surface area (Å²) >= 11 is 0. The van der Waals surface area contributed by atoms with Gasteiger partial charge in [-0.05, 0) is 73.5 Å². The Labute approximate surface area is 227 Å². The molecule has 39 heavy (non-hydrogen) atoms. The predicted molar refractivity (Wildman–Crippen MR) is 152 cm³/mol. The Hall–Kier alpha value is -4.78. The summed E-state index contributed by atoms with van der Waals surface area (Å²) in [4.78, 5) is 18.9. The van der Waals surface area contributed by atoms with Crippen LogP contribution in [0.1, 0.15) is 35.3 Å². The first-order valence-electron chi connectivity index (χ1n) is 12.8. The first-order chi connectivity index (χ1) is 18.9. The van der Waals surface area contributed by atoms with Crippen molar-refractivity contribution in [2.45, 2.75) is 25.9 Å². The van der Waals surface area contributed by atoms with E-state index in [1.807, 2.05) is 24.3 Å². The fourth-order valence-corrected chi connectivity index (χ4v) is 5.39. The first kappa shape index (κ1) is 24.6. The van der Waals surface area contributed by atoms with Crippen LogP contribution in [-0.4, -0.2) is 30.7 Å². The number of nitrogens with zero attached hydrogens (tertiary/aromatic N) is 2. The number of nitrogens with one attached hydrogen (secondary N) is 1. The van der Waals surface area contributed by atoms with Crippen LogP contribution < -0.4 is 24.4 Å². The highest BCUT2D eigenvalue weighted by Gasteiger charge is 2.37. The van der Waals surface area contributed by atoms with Gasteiger partial charge in [0.25, 0.3) is 0 Å². The van der Waals surface area contributed by atoms with Crippen molar-refractivity contribution in [2.75, 3.05) is 24.4 Å². The molecule has 0 aliphatic carbocycles. The molecule has 3 aromatic carbocycles. The van der Waals surface area contributed by atoms with Crippen LogP contribution in [-0.2, 0) is 6.54 Å². The molecule has 6 rings (SSSR count). The van der Waals surface area contributed by atoms with Crippen LogP contribution in [0.5, 0.6) is 17.2 Å². The Morgan fingerprint density at radius 2 is 1.74 bits per heavy atom. The number of benzene rings is 3. The topological polar surface area (TPSA) is 72.9 Å². The number of carbonyl (C=O) groups is 1. The monoisotopic (exact) mass is 519 g/mol. The van der Waals surface area contributed by atoms with E-state index in [2.05, 4.69) is 53.3 Å². The van der Waals surface area contributed by atoms with E-state index >= 15 is 0 Å². The molecule has 0 saturated carbocycles. The molecule has 0 radical (unpaired) electrons. The summed E-state index contributed by atoms with van der Waals surface area (Å²) in [6.07, 6.45) is 5.38. The van der Waals surface area contributed by atoms with E-state index < -0.39 is 5.97 Å². The Morgan fingerprint density at radius 1 is 0.949 bits per heavy atom. The van der Waals surface area contributed by atoms with Crippen LogP contribution in [0.4, 0.5) is 11.4 Å². The molecule has 7 heteroatoms. The molecule has 0 fully saturated rings. The molecule has 0 atom stereocenters. The number of methoxy groups -OCH3 is 2. The highest BCUT2D eigenvalue weighted by atomic mass is 16.5. The molecule has 2 aliphatic heterocycles. The average molecular weight is 520 g/mol. The second-order valence-electron chi connectivity index (χ2n) is 10.1. The molecule has 1 aromatic heterocycles. The van der Waals surface area contributed by atoms with Crippen molar-refractivity contribution in [3.05, 3.63) is 102 Å². The molecule has 1 N–H and O–H groups in total. The largest absolute Gasteiger partial charge is 0.496 e. The summed E-state index contributed by atoms with van der Waals surface area (Å²) in [5, 5.41) is 3.67.